The lowest BCUT2D eigenvalue weighted by Crippen LogP contribution is -2.02. The minimum atomic E-state index is -1.10. The average molecular weight is 314 g/mol. The summed E-state index contributed by atoms with van der Waals surface area (Å²) in [6.07, 6.45) is 12.9. The van der Waals surface area contributed by atoms with Crippen LogP contribution >= 0.6 is 0 Å². The molecule has 0 saturated heterocycles. The number of hydrogen-bond acceptors (Lipinski definition) is 4. The van der Waals surface area contributed by atoms with Gasteiger partial charge in [-0.2, -0.15) is 0 Å². The number of carboxylic acids is 2. The Balaban J connectivity index is -0.000000247. The first kappa shape index (κ1) is 25.0. The van der Waals surface area contributed by atoms with Crippen LogP contribution in [0.2, 0.25) is 0 Å². The Bertz CT molecular complexity index is 321. The number of unbranched alkanes of at least 4 members (excludes halogenated alkanes) is 2. The van der Waals surface area contributed by atoms with Crippen molar-refractivity contribution in [3.05, 3.63) is 0 Å². The van der Waals surface area contributed by atoms with E-state index < -0.39 is 18.2 Å². The van der Waals surface area contributed by atoms with Crippen LogP contribution in [-0.4, -0.2) is 38.7 Å². The standard InChI is InChI=1S/C6H14O2.2C5H6O2/c1-2-3-4-5-6(7)8;2*1-2-3-4-5(6)7/h6-8H,2-5H2,1H3;2*1H,3-4H2,(H,6,7). The van der Waals surface area contributed by atoms with Gasteiger partial charge in [-0.3, -0.25) is 9.59 Å². The van der Waals surface area contributed by atoms with Crippen molar-refractivity contribution in [1.82, 2.24) is 0 Å². The van der Waals surface area contributed by atoms with Gasteiger partial charge in [-0.05, 0) is 12.8 Å². The normalized spacial score (nSPS) is 8.45. The highest BCUT2D eigenvalue weighted by Gasteiger charge is 1.93. The van der Waals surface area contributed by atoms with Gasteiger partial charge >= 0.3 is 11.9 Å². The summed E-state index contributed by atoms with van der Waals surface area (Å²) >= 11 is 0. The van der Waals surface area contributed by atoms with Crippen molar-refractivity contribution < 1.29 is 30.0 Å². The molecule has 0 unspecified atom stereocenters. The predicted octanol–water partition coefficient (Wildman–Crippen LogP) is 1.85. The molecule has 0 spiro atoms. The lowest BCUT2D eigenvalue weighted by Gasteiger charge is -1.99. The van der Waals surface area contributed by atoms with Crippen molar-refractivity contribution in [1.29, 1.82) is 0 Å². The minimum Gasteiger partial charge on any atom is -0.481 e. The molecule has 0 aliphatic rings. The zero-order chi connectivity index (χ0) is 17.8. The highest BCUT2D eigenvalue weighted by molar-refractivity contribution is 5.67. The molecule has 0 fully saturated rings. The molecule has 0 atom stereocenters. The Labute approximate surface area is 132 Å². The van der Waals surface area contributed by atoms with Gasteiger partial charge in [-0.25, -0.2) is 0 Å². The Hall–Kier alpha value is -2.02. The first-order valence-corrected chi connectivity index (χ1v) is 6.98. The van der Waals surface area contributed by atoms with Gasteiger partial charge in [0.25, 0.3) is 0 Å². The number of hydrogen-bond donors (Lipinski definition) is 4. The molecule has 0 bridgehead atoms. The second-order valence-electron chi connectivity index (χ2n) is 4.17. The molecule has 0 aliphatic heterocycles. The predicted molar refractivity (Wildman–Crippen MR) is 83.8 cm³/mol. The van der Waals surface area contributed by atoms with Crippen molar-refractivity contribution >= 4 is 11.9 Å². The fourth-order valence-corrected chi connectivity index (χ4v) is 0.935. The van der Waals surface area contributed by atoms with E-state index in [2.05, 4.69) is 18.8 Å². The van der Waals surface area contributed by atoms with Gasteiger partial charge in [0.2, 0.25) is 0 Å². The van der Waals surface area contributed by atoms with E-state index in [1.54, 1.807) is 0 Å². The molecule has 6 nitrogen and oxygen atoms in total. The number of rotatable bonds is 8. The first-order valence-electron chi connectivity index (χ1n) is 6.98. The van der Waals surface area contributed by atoms with Gasteiger partial charge in [-0.15, -0.1) is 24.7 Å². The van der Waals surface area contributed by atoms with Gasteiger partial charge in [0.15, 0.2) is 6.29 Å². The molecule has 126 valence electrons. The summed E-state index contributed by atoms with van der Waals surface area (Å²) in [7, 11) is 0. The Kier molecular flexibility index (Phi) is 24.1. The van der Waals surface area contributed by atoms with E-state index in [1.807, 2.05) is 0 Å². The van der Waals surface area contributed by atoms with Gasteiger partial charge in [0.05, 0.1) is 12.8 Å². The third-order valence-electron chi connectivity index (χ3n) is 2.03. The van der Waals surface area contributed by atoms with Crippen LogP contribution in [0.4, 0.5) is 0 Å². The van der Waals surface area contributed by atoms with Crippen LogP contribution in [0.3, 0.4) is 0 Å². The van der Waals surface area contributed by atoms with Crippen LogP contribution in [0, 0.1) is 24.7 Å². The van der Waals surface area contributed by atoms with Crippen LogP contribution in [0.15, 0.2) is 0 Å². The molecular formula is C16H26O6. The summed E-state index contributed by atoms with van der Waals surface area (Å²) in [6, 6.07) is 0. The highest BCUT2D eigenvalue weighted by atomic mass is 16.5. The highest BCUT2D eigenvalue weighted by Crippen LogP contribution is 1.99. The van der Waals surface area contributed by atoms with E-state index in [0.29, 0.717) is 19.3 Å². The quantitative estimate of drug-likeness (QED) is 0.309. The van der Waals surface area contributed by atoms with E-state index in [1.165, 1.54) is 0 Å². The summed E-state index contributed by atoms with van der Waals surface area (Å²) < 4.78 is 0. The molecule has 4 N–H and O–H groups in total. The maximum Gasteiger partial charge on any atom is 0.304 e. The number of carbonyl (C=O) groups is 2. The number of aliphatic carboxylic acids is 2. The molecule has 0 rings (SSSR count). The van der Waals surface area contributed by atoms with Crippen molar-refractivity contribution in [2.24, 2.45) is 0 Å². The first-order chi connectivity index (χ1) is 10.3. The molecule has 22 heavy (non-hydrogen) atoms. The number of terminal acetylenes is 2. The van der Waals surface area contributed by atoms with E-state index in [-0.39, 0.29) is 12.8 Å². The Morgan fingerprint density at radius 1 is 0.955 bits per heavy atom. The number of aliphatic hydroxyl groups excluding tert-OH is 1. The lowest BCUT2D eigenvalue weighted by molar-refractivity contribution is -0.137. The Morgan fingerprint density at radius 3 is 1.55 bits per heavy atom. The molecule has 0 heterocycles. The second-order valence-corrected chi connectivity index (χ2v) is 4.17. The smallest absolute Gasteiger partial charge is 0.304 e. The fraction of sp³-hybridized carbons (Fsp3) is 0.625. The number of aliphatic hydroxyl groups is 2. The third-order valence-corrected chi connectivity index (χ3v) is 2.03. The van der Waals surface area contributed by atoms with Crippen LogP contribution in [0.1, 0.15) is 58.3 Å². The second kappa shape index (κ2) is 21.3. The largest absolute Gasteiger partial charge is 0.481 e. The van der Waals surface area contributed by atoms with E-state index in [9.17, 15) is 9.59 Å². The van der Waals surface area contributed by atoms with Gasteiger partial charge in [0, 0.05) is 12.8 Å². The van der Waals surface area contributed by atoms with Crippen molar-refractivity contribution in [3.8, 4) is 24.7 Å². The zero-order valence-electron chi connectivity index (χ0n) is 13.0. The van der Waals surface area contributed by atoms with E-state index in [0.717, 1.165) is 19.3 Å². The molecule has 0 saturated carbocycles. The monoisotopic (exact) mass is 314 g/mol. The lowest BCUT2D eigenvalue weighted by atomic mass is 10.2. The van der Waals surface area contributed by atoms with Crippen LogP contribution in [0.25, 0.3) is 0 Å². The summed E-state index contributed by atoms with van der Waals surface area (Å²) in [4.78, 5) is 19.3. The molecular weight excluding hydrogens is 288 g/mol. The molecule has 0 aliphatic carbocycles. The van der Waals surface area contributed by atoms with Crippen LogP contribution in [-0.2, 0) is 9.59 Å². The molecule has 6 heteroatoms. The molecule has 0 aromatic heterocycles. The third kappa shape index (κ3) is 43.0. The Morgan fingerprint density at radius 2 is 1.36 bits per heavy atom. The molecule has 0 radical (unpaired) electrons. The van der Waals surface area contributed by atoms with Crippen molar-refractivity contribution in [2.45, 2.75) is 64.6 Å². The summed E-state index contributed by atoms with van der Waals surface area (Å²) in [6.45, 7) is 2.09. The maximum absolute atomic E-state index is 9.66. The van der Waals surface area contributed by atoms with Crippen LogP contribution < -0.4 is 0 Å². The average Bonchev–Trinajstić information content (AvgIpc) is 2.44. The summed E-state index contributed by atoms with van der Waals surface area (Å²) in [5, 5.41) is 32.6. The van der Waals surface area contributed by atoms with Crippen molar-refractivity contribution in [3.63, 3.8) is 0 Å². The van der Waals surface area contributed by atoms with Gasteiger partial charge in [-0.1, -0.05) is 19.8 Å². The molecule has 0 aromatic rings. The van der Waals surface area contributed by atoms with E-state index in [4.69, 9.17) is 33.3 Å². The van der Waals surface area contributed by atoms with Gasteiger partial charge < -0.3 is 20.4 Å². The maximum atomic E-state index is 9.66. The zero-order valence-corrected chi connectivity index (χ0v) is 13.0. The summed E-state index contributed by atoms with van der Waals surface area (Å²) in [5.74, 6) is 2.77. The topological polar surface area (TPSA) is 115 Å². The minimum absolute atomic E-state index is 0.0799. The summed E-state index contributed by atoms with van der Waals surface area (Å²) in [5.41, 5.74) is 0. The number of carboxylic acid groups (broad SMARTS) is 2. The van der Waals surface area contributed by atoms with Crippen molar-refractivity contribution in [2.75, 3.05) is 0 Å². The van der Waals surface area contributed by atoms with E-state index >= 15 is 0 Å². The van der Waals surface area contributed by atoms with Gasteiger partial charge in [0.1, 0.15) is 0 Å². The fourth-order valence-electron chi connectivity index (χ4n) is 0.935. The molecule has 0 amide bonds. The van der Waals surface area contributed by atoms with Crippen LogP contribution in [0.5, 0.6) is 0 Å². The molecule has 0 aromatic carbocycles. The SMILES string of the molecule is C#CCCC(=O)O.C#CCCC(=O)O.CCCCCC(O)O.